The van der Waals surface area contributed by atoms with Crippen molar-refractivity contribution in [3.8, 4) is 0 Å². The molecule has 0 radical (unpaired) electrons. The summed E-state index contributed by atoms with van der Waals surface area (Å²) in [6.45, 7) is 1.98. The molecule has 0 saturated heterocycles. The molecule has 0 N–H and O–H groups in total. The number of halogens is 2. The normalized spacial score (nSPS) is 11.0. The average Bonchev–Trinajstić information content (AvgIpc) is 2.48. The van der Waals surface area contributed by atoms with Crippen LogP contribution >= 0.6 is 11.3 Å². The monoisotopic (exact) mass is 198 g/mol. The molecule has 0 atom stereocenters. The first-order valence-corrected chi connectivity index (χ1v) is 4.90. The topological polar surface area (TPSA) is 0 Å². The average molecular weight is 198 g/mol. The van der Waals surface area contributed by atoms with Gasteiger partial charge in [0.2, 0.25) is 0 Å². The van der Waals surface area contributed by atoms with Gasteiger partial charge in [0, 0.05) is 10.1 Å². The Hall–Kier alpha value is -0.960. The van der Waals surface area contributed by atoms with Crippen LogP contribution in [-0.4, -0.2) is 0 Å². The molecule has 0 saturated carbocycles. The molecule has 2 rings (SSSR count). The van der Waals surface area contributed by atoms with Crippen molar-refractivity contribution in [3.63, 3.8) is 0 Å². The Balaban J connectivity index is 2.83. The second kappa shape index (κ2) is 3.07. The first-order valence-electron chi connectivity index (χ1n) is 4.08. The van der Waals surface area contributed by atoms with Crippen LogP contribution in [0.3, 0.4) is 0 Å². The van der Waals surface area contributed by atoms with E-state index in [4.69, 9.17) is 0 Å². The van der Waals surface area contributed by atoms with Crippen molar-refractivity contribution in [2.24, 2.45) is 0 Å². The third-order valence-corrected chi connectivity index (χ3v) is 3.06. The van der Waals surface area contributed by atoms with Gasteiger partial charge in [0.25, 0.3) is 0 Å². The van der Waals surface area contributed by atoms with Gasteiger partial charge in [0.15, 0.2) is 5.13 Å². The Kier molecular flexibility index (Phi) is 2.04. The number of hydrogen-bond acceptors (Lipinski definition) is 1. The smallest absolute Gasteiger partial charge is 0.177 e. The van der Waals surface area contributed by atoms with Gasteiger partial charge >= 0.3 is 0 Å². The number of hydrogen-bond donors (Lipinski definition) is 0. The minimum atomic E-state index is -0.340. The molecule has 0 aliphatic heterocycles. The van der Waals surface area contributed by atoms with Gasteiger partial charge in [-0.25, -0.2) is 4.39 Å². The third-order valence-electron chi connectivity index (χ3n) is 2.06. The molecule has 1 heterocycles. The number of aryl methyl sites for hydroxylation is 1. The lowest BCUT2D eigenvalue weighted by Crippen LogP contribution is -1.82. The Labute approximate surface area is 78.8 Å². The van der Waals surface area contributed by atoms with Gasteiger partial charge in [-0.2, -0.15) is 4.39 Å². The Bertz CT molecular complexity index is 445. The summed E-state index contributed by atoms with van der Waals surface area (Å²) in [4.78, 5) is 0. The first kappa shape index (κ1) is 8.63. The van der Waals surface area contributed by atoms with E-state index < -0.39 is 0 Å². The van der Waals surface area contributed by atoms with E-state index >= 15 is 0 Å². The van der Waals surface area contributed by atoms with Gasteiger partial charge in [-0.3, -0.25) is 0 Å². The molecule has 1 aromatic heterocycles. The zero-order valence-electron chi connectivity index (χ0n) is 7.10. The van der Waals surface area contributed by atoms with Crippen LogP contribution in [0.25, 0.3) is 10.1 Å². The quantitative estimate of drug-likeness (QED) is 0.654. The number of rotatable bonds is 1. The van der Waals surface area contributed by atoms with Crippen LogP contribution in [0, 0.1) is 10.9 Å². The highest BCUT2D eigenvalue weighted by Gasteiger charge is 2.08. The highest BCUT2D eigenvalue weighted by molar-refractivity contribution is 7.17. The highest BCUT2D eigenvalue weighted by Crippen LogP contribution is 2.30. The van der Waals surface area contributed by atoms with E-state index in [0.717, 1.165) is 28.0 Å². The third kappa shape index (κ3) is 1.33. The fourth-order valence-electron chi connectivity index (χ4n) is 1.39. The Morgan fingerprint density at radius 1 is 1.31 bits per heavy atom. The number of benzene rings is 1. The molecule has 0 bridgehead atoms. The van der Waals surface area contributed by atoms with E-state index in [1.807, 2.05) is 6.92 Å². The molecule has 2 aromatic rings. The molecule has 0 aliphatic rings. The summed E-state index contributed by atoms with van der Waals surface area (Å²) < 4.78 is 26.8. The van der Waals surface area contributed by atoms with Crippen molar-refractivity contribution in [1.29, 1.82) is 0 Å². The molecule has 0 aliphatic carbocycles. The van der Waals surface area contributed by atoms with E-state index in [9.17, 15) is 8.78 Å². The summed E-state index contributed by atoms with van der Waals surface area (Å²) in [7, 11) is 0. The van der Waals surface area contributed by atoms with Crippen LogP contribution in [0.15, 0.2) is 18.2 Å². The summed E-state index contributed by atoms with van der Waals surface area (Å²) in [5, 5.41) is 0.0802. The minimum absolute atomic E-state index is 0.324. The lowest BCUT2D eigenvalue weighted by Gasteiger charge is -1.98. The van der Waals surface area contributed by atoms with Crippen LogP contribution in [0.1, 0.15) is 12.5 Å². The number of thiophene rings is 1. The fourth-order valence-corrected chi connectivity index (χ4v) is 2.38. The van der Waals surface area contributed by atoms with Gasteiger partial charge in [-0.1, -0.05) is 13.0 Å². The van der Waals surface area contributed by atoms with E-state index in [1.54, 1.807) is 6.07 Å². The lowest BCUT2D eigenvalue weighted by atomic mass is 10.1. The van der Waals surface area contributed by atoms with Crippen molar-refractivity contribution in [2.75, 3.05) is 0 Å². The van der Waals surface area contributed by atoms with Crippen molar-refractivity contribution in [1.82, 2.24) is 0 Å². The van der Waals surface area contributed by atoms with Gasteiger partial charge < -0.3 is 0 Å². The van der Waals surface area contributed by atoms with E-state index in [-0.39, 0.29) is 10.9 Å². The second-order valence-electron chi connectivity index (χ2n) is 2.85. The molecule has 0 spiro atoms. The summed E-state index contributed by atoms with van der Waals surface area (Å²) in [5.41, 5.74) is 1.00. The van der Waals surface area contributed by atoms with Crippen LogP contribution in [0.5, 0.6) is 0 Å². The van der Waals surface area contributed by atoms with Crippen LogP contribution in [-0.2, 0) is 6.42 Å². The van der Waals surface area contributed by atoms with E-state index in [0.29, 0.717) is 5.39 Å². The molecule has 0 unspecified atom stereocenters. The van der Waals surface area contributed by atoms with E-state index in [2.05, 4.69) is 0 Å². The Morgan fingerprint density at radius 3 is 2.77 bits per heavy atom. The molecule has 0 nitrogen and oxygen atoms in total. The van der Waals surface area contributed by atoms with Gasteiger partial charge in [0.05, 0.1) is 0 Å². The SMILES string of the molecule is CCc1ccc(F)c2cc(F)sc12. The standard InChI is InChI=1S/C10H8F2S/c1-2-6-3-4-8(11)7-5-9(12)13-10(6)7/h3-5H,2H2,1H3. The van der Waals surface area contributed by atoms with Crippen molar-refractivity contribution in [3.05, 3.63) is 34.7 Å². The molecule has 3 heteroatoms. The maximum Gasteiger partial charge on any atom is 0.177 e. The van der Waals surface area contributed by atoms with Gasteiger partial charge in [0.1, 0.15) is 5.82 Å². The maximum absolute atomic E-state index is 13.2. The zero-order chi connectivity index (χ0) is 9.42. The molecule has 13 heavy (non-hydrogen) atoms. The predicted molar refractivity (Wildman–Crippen MR) is 51.1 cm³/mol. The predicted octanol–water partition coefficient (Wildman–Crippen LogP) is 3.74. The molecule has 68 valence electrons. The minimum Gasteiger partial charge on any atom is -0.206 e. The summed E-state index contributed by atoms with van der Waals surface area (Å²) >= 11 is 1.01. The van der Waals surface area contributed by atoms with Crippen LogP contribution in [0.4, 0.5) is 8.78 Å². The Morgan fingerprint density at radius 2 is 2.08 bits per heavy atom. The summed E-state index contributed by atoms with van der Waals surface area (Å²) in [6, 6.07) is 4.37. The zero-order valence-corrected chi connectivity index (χ0v) is 7.92. The van der Waals surface area contributed by atoms with Crippen molar-refractivity contribution >= 4 is 21.4 Å². The highest BCUT2D eigenvalue weighted by atomic mass is 32.1. The number of fused-ring (bicyclic) bond motifs is 1. The second-order valence-corrected chi connectivity index (χ2v) is 3.86. The van der Waals surface area contributed by atoms with Gasteiger partial charge in [-0.05, 0) is 24.1 Å². The molecule has 0 amide bonds. The molecular formula is C10H8F2S. The van der Waals surface area contributed by atoms with E-state index in [1.165, 1.54) is 12.1 Å². The summed E-state index contributed by atoms with van der Waals surface area (Å²) in [5.74, 6) is -0.340. The summed E-state index contributed by atoms with van der Waals surface area (Å²) in [6.07, 6.45) is 0.802. The van der Waals surface area contributed by atoms with Crippen LogP contribution < -0.4 is 0 Å². The van der Waals surface area contributed by atoms with Crippen LogP contribution in [0.2, 0.25) is 0 Å². The lowest BCUT2D eigenvalue weighted by molar-refractivity contribution is 0.636. The molecule has 1 aromatic carbocycles. The molecule has 0 fully saturated rings. The van der Waals surface area contributed by atoms with Gasteiger partial charge in [-0.15, -0.1) is 11.3 Å². The van der Waals surface area contributed by atoms with Crippen molar-refractivity contribution in [2.45, 2.75) is 13.3 Å². The fraction of sp³-hybridized carbons (Fsp3) is 0.200. The largest absolute Gasteiger partial charge is 0.206 e. The molecular weight excluding hydrogens is 190 g/mol. The maximum atomic E-state index is 13.2. The van der Waals surface area contributed by atoms with Crippen molar-refractivity contribution < 1.29 is 8.78 Å². The first-order chi connectivity index (χ1) is 6.22.